The molecular weight excluding hydrogens is 454 g/mol. The molecule has 0 saturated carbocycles. The van der Waals surface area contributed by atoms with E-state index in [2.05, 4.69) is 57.9 Å². The van der Waals surface area contributed by atoms with Gasteiger partial charge in [0.15, 0.2) is 0 Å². The Labute approximate surface area is 210 Å². The first kappa shape index (κ1) is 23.4. The van der Waals surface area contributed by atoms with Crippen LogP contribution in [0.2, 0.25) is 0 Å². The number of nitrogens with one attached hydrogen (secondary N) is 2. The molecule has 2 aliphatic rings. The average molecular weight is 486 g/mol. The summed E-state index contributed by atoms with van der Waals surface area (Å²) >= 11 is 1.65. The summed E-state index contributed by atoms with van der Waals surface area (Å²) in [6.07, 6.45) is 12.8. The molecule has 0 spiro atoms. The lowest BCUT2D eigenvalue weighted by molar-refractivity contribution is 0.0950. The van der Waals surface area contributed by atoms with E-state index in [0.29, 0.717) is 18.0 Å². The van der Waals surface area contributed by atoms with E-state index in [1.54, 1.807) is 11.8 Å². The second kappa shape index (κ2) is 10.5. The molecule has 1 saturated heterocycles. The van der Waals surface area contributed by atoms with Crippen LogP contribution in [0.25, 0.3) is 10.9 Å². The van der Waals surface area contributed by atoms with Gasteiger partial charge in [-0.3, -0.25) is 9.78 Å². The van der Waals surface area contributed by atoms with Gasteiger partial charge in [0, 0.05) is 47.6 Å². The molecule has 2 aromatic heterocycles. The predicted molar refractivity (Wildman–Crippen MR) is 144 cm³/mol. The average Bonchev–Trinajstić information content (AvgIpc) is 2.92. The van der Waals surface area contributed by atoms with Gasteiger partial charge in [-0.15, -0.1) is 11.8 Å². The lowest BCUT2D eigenvalue weighted by Gasteiger charge is -2.35. The molecule has 1 fully saturated rings. The van der Waals surface area contributed by atoms with Crippen molar-refractivity contribution in [1.29, 1.82) is 0 Å². The van der Waals surface area contributed by atoms with Crippen LogP contribution in [0, 0.1) is 12.8 Å². The number of pyridine rings is 2. The summed E-state index contributed by atoms with van der Waals surface area (Å²) in [4.78, 5) is 25.7. The van der Waals surface area contributed by atoms with Gasteiger partial charge in [-0.05, 0) is 79.8 Å². The fraction of sp³-hybridized carbons (Fsp3) is 0.321. The molecule has 5 rings (SSSR count). The van der Waals surface area contributed by atoms with Crippen molar-refractivity contribution in [2.45, 2.75) is 31.2 Å². The van der Waals surface area contributed by atoms with Crippen LogP contribution in [0.3, 0.4) is 0 Å². The minimum absolute atomic E-state index is 0.0930. The van der Waals surface area contributed by atoms with Crippen molar-refractivity contribution in [3.63, 3.8) is 0 Å². The Morgan fingerprint density at radius 2 is 2.17 bits per heavy atom. The molecule has 1 amide bonds. The van der Waals surface area contributed by atoms with Crippen LogP contribution in [-0.2, 0) is 6.54 Å². The van der Waals surface area contributed by atoms with Gasteiger partial charge in [-0.1, -0.05) is 12.1 Å². The van der Waals surface area contributed by atoms with E-state index >= 15 is 0 Å². The maximum atomic E-state index is 12.7. The van der Waals surface area contributed by atoms with Crippen molar-refractivity contribution >= 4 is 34.4 Å². The van der Waals surface area contributed by atoms with Crippen molar-refractivity contribution < 1.29 is 4.79 Å². The molecule has 7 heteroatoms. The maximum absolute atomic E-state index is 12.7. The van der Waals surface area contributed by atoms with Crippen LogP contribution in [0.4, 0.5) is 5.82 Å². The minimum Gasteiger partial charge on any atom is -0.387 e. The summed E-state index contributed by atoms with van der Waals surface area (Å²) in [6, 6.07) is 12.0. The first-order valence-corrected chi connectivity index (χ1v) is 13.4. The molecular formula is C28H31N5OS. The molecule has 0 aliphatic carbocycles. The van der Waals surface area contributed by atoms with Gasteiger partial charge in [0.1, 0.15) is 5.82 Å². The number of fused-ring (bicyclic) bond motifs is 1. The van der Waals surface area contributed by atoms with Gasteiger partial charge in [0.2, 0.25) is 0 Å². The van der Waals surface area contributed by atoms with E-state index in [9.17, 15) is 4.79 Å². The highest BCUT2D eigenvalue weighted by Gasteiger charge is 2.23. The number of benzene rings is 1. The highest BCUT2D eigenvalue weighted by atomic mass is 32.2. The predicted octanol–water partition coefficient (Wildman–Crippen LogP) is 4.85. The number of hydrogen-bond acceptors (Lipinski definition) is 6. The largest absolute Gasteiger partial charge is 0.387 e. The molecule has 1 aromatic carbocycles. The van der Waals surface area contributed by atoms with Crippen molar-refractivity contribution in [2.75, 3.05) is 30.8 Å². The van der Waals surface area contributed by atoms with E-state index in [4.69, 9.17) is 4.98 Å². The summed E-state index contributed by atoms with van der Waals surface area (Å²) in [5, 5.41) is 7.25. The number of carbonyl (C=O) groups excluding carboxylic acids is 1. The number of rotatable bonds is 6. The van der Waals surface area contributed by atoms with Gasteiger partial charge in [-0.25, -0.2) is 4.98 Å². The smallest absolute Gasteiger partial charge is 0.251 e. The normalized spacial score (nSPS) is 17.7. The second-order valence-electron chi connectivity index (χ2n) is 9.14. The van der Waals surface area contributed by atoms with Crippen LogP contribution in [0.5, 0.6) is 0 Å². The molecule has 1 atom stereocenters. The first-order chi connectivity index (χ1) is 17.1. The van der Waals surface area contributed by atoms with Gasteiger partial charge < -0.3 is 15.5 Å². The number of nitrogens with zero attached hydrogens (tertiary/aromatic N) is 3. The molecule has 3 aromatic rings. The quantitative estimate of drug-likeness (QED) is 0.487. The molecule has 2 aliphatic heterocycles. The maximum Gasteiger partial charge on any atom is 0.251 e. The molecule has 1 unspecified atom stereocenters. The topological polar surface area (TPSA) is 70.2 Å². The van der Waals surface area contributed by atoms with E-state index in [1.165, 1.54) is 17.6 Å². The number of hydrogen-bond donors (Lipinski definition) is 2. The lowest BCUT2D eigenvalue weighted by atomic mass is 9.89. The van der Waals surface area contributed by atoms with Gasteiger partial charge in [0.25, 0.3) is 5.91 Å². The number of aryl methyl sites for hydroxylation is 1. The Balaban J connectivity index is 1.29. The summed E-state index contributed by atoms with van der Waals surface area (Å²) in [5.41, 5.74) is 4.98. The summed E-state index contributed by atoms with van der Waals surface area (Å²) in [5.74, 6) is 1.45. The minimum atomic E-state index is -0.0930. The number of amides is 1. The van der Waals surface area contributed by atoms with Gasteiger partial charge in [-0.2, -0.15) is 0 Å². The zero-order valence-corrected chi connectivity index (χ0v) is 21.1. The number of dihydropyridines is 1. The number of thioether (sulfide) groups is 1. The molecule has 0 radical (unpaired) electrons. The van der Waals surface area contributed by atoms with Crippen molar-refractivity contribution in [3.8, 4) is 0 Å². The van der Waals surface area contributed by atoms with Crippen molar-refractivity contribution in [2.24, 2.45) is 5.92 Å². The van der Waals surface area contributed by atoms with E-state index in [0.717, 1.165) is 53.4 Å². The SMILES string of the molecule is CSc1cc(C(=O)NCc2cc3nc(N4CCCC(C5=CCNC=C5)C4)ccc3cn2)ccc1C. The number of anilines is 1. The molecule has 4 heterocycles. The number of piperidine rings is 1. The van der Waals surface area contributed by atoms with Crippen LogP contribution in [-0.4, -0.2) is 41.8 Å². The van der Waals surface area contributed by atoms with E-state index < -0.39 is 0 Å². The zero-order valence-electron chi connectivity index (χ0n) is 20.3. The van der Waals surface area contributed by atoms with E-state index in [-0.39, 0.29) is 5.91 Å². The first-order valence-electron chi connectivity index (χ1n) is 12.1. The molecule has 6 nitrogen and oxygen atoms in total. The fourth-order valence-corrected chi connectivity index (χ4v) is 5.42. The Bertz CT molecular complexity index is 1300. The van der Waals surface area contributed by atoms with Gasteiger partial charge in [0.05, 0.1) is 17.8 Å². The fourth-order valence-electron chi connectivity index (χ4n) is 4.78. The lowest BCUT2D eigenvalue weighted by Crippen LogP contribution is -2.37. The van der Waals surface area contributed by atoms with Crippen molar-refractivity contribution in [3.05, 3.63) is 83.3 Å². The number of allylic oxidation sites excluding steroid dienone is 1. The van der Waals surface area contributed by atoms with E-state index in [1.807, 2.05) is 36.7 Å². The van der Waals surface area contributed by atoms with Crippen LogP contribution in [0.15, 0.2) is 71.4 Å². The number of aromatic nitrogens is 2. The Morgan fingerprint density at radius 3 is 3.00 bits per heavy atom. The second-order valence-corrected chi connectivity index (χ2v) is 9.98. The summed E-state index contributed by atoms with van der Waals surface area (Å²) in [7, 11) is 0. The highest BCUT2D eigenvalue weighted by molar-refractivity contribution is 7.98. The third-order valence-corrected chi connectivity index (χ3v) is 7.66. The van der Waals surface area contributed by atoms with Crippen LogP contribution < -0.4 is 15.5 Å². The Kier molecular flexibility index (Phi) is 7.04. The highest BCUT2D eigenvalue weighted by Crippen LogP contribution is 2.29. The zero-order chi connectivity index (χ0) is 24.2. The van der Waals surface area contributed by atoms with Crippen LogP contribution >= 0.6 is 11.8 Å². The van der Waals surface area contributed by atoms with Gasteiger partial charge >= 0.3 is 0 Å². The van der Waals surface area contributed by atoms with Crippen LogP contribution in [0.1, 0.15) is 34.5 Å². The molecule has 2 N–H and O–H groups in total. The summed E-state index contributed by atoms with van der Waals surface area (Å²) < 4.78 is 0. The molecule has 35 heavy (non-hydrogen) atoms. The van der Waals surface area contributed by atoms with Crippen molar-refractivity contribution in [1.82, 2.24) is 20.6 Å². The Hall–Kier alpha value is -3.32. The number of carbonyl (C=O) groups is 1. The monoisotopic (exact) mass is 485 g/mol. The Morgan fingerprint density at radius 1 is 1.26 bits per heavy atom. The third kappa shape index (κ3) is 5.35. The summed E-state index contributed by atoms with van der Waals surface area (Å²) in [6.45, 7) is 5.33. The standard InChI is InChI=1S/C28H31N5OS/c1-19-5-6-21(14-26(19)35-2)28(34)31-17-24-15-25-22(16-30-24)7-8-27(32-25)33-13-3-4-23(18-33)20-9-11-29-12-10-20/h5-11,14-16,23,29H,3-4,12-13,17-18H2,1-2H3,(H,31,34). The molecule has 0 bridgehead atoms. The third-order valence-electron chi connectivity index (χ3n) is 6.78. The molecule has 180 valence electrons.